The van der Waals surface area contributed by atoms with Crippen molar-refractivity contribution in [2.24, 2.45) is 0 Å². The Morgan fingerprint density at radius 3 is 2.62 bits per heavy atom. The first-order valence-corrected chi connectivity index (χ1v) is 12.6. The van der Waals surface area contributed by atoms with Crippen molar-refractivity contribution in [3.05, 3.63) is 81.4 Å². The number of nitrogens with one attached hydrogen (secondary N) is 1. The maximum absolute atomic E-state index is 13.5. The number of hydrogen-bond donors (Lipinski definition) is 1. The lowest BCUT2D eigenvalue weighted by molar-refractivity contribution is -0.141. The molecule has 0 saturated heterocycles. The molecule has 1 aliphatic carbocycles. The van der Waals surface area contributed by atoms with E-state index in [-0.39, 0.29) is 30.5 Å². The number of amides is 1. The largest absolute Gasteiger partial charge is 0.469 e. The monoisotopic (exact) mass is 480 g/mol. The lowest BCUT2D eigenvalue weighted by atomic mass is 9.91. The molecule has 1 aliphatic heterocycles. The van der Waals surface area contributed by atoms with Crippen LogP contribution in [-0.4, -0.2) is 36.6 Å². The molecule has 1 N–H and O–H groups in total. The molecule has 0 spiro atoms. The predicted molar refractivity (Wildman–Crippen MR) is 134 cm³/mol. The average molecular weight is 481 g/mol. The molecule has 1 amide bonds. The predicted octanol–water partition coefficient (Wildman–Crippen LogP) is 5.38. The van der Waals surface area contributed by atoms with Crippen molar-refractivity contribution in [2.75, 3.05) is 13.7 Å². The van der Waals surface area contributed by atoms with Gasteiger partial charge in [0.05, 0.1) is 13.5 Å². The van der Waals surface area contributed by atoms with Gasteiger partial charge in [0.15, 0.2) is 0 Å². The van der Waals surface area contributed by atoms with E-state index in [4.69, 9.17) is 16.3 Å². The van der Waals surface area contributed by atoms with Gasteiger partial charge in [0.25, 0.3) is 5.91 Å². The first kappa shape index (κ1) is 24.5. The van der Waals surface area contributed by atoms with Gasteiger partial charge in [-0.25, -0.2) is 0 Å². The fraction of sp³-hybridized carbons (Fsp3) is 0.429. The van der Waals surface area contributed by atoms with E-state index in [1.54, 1.807) is 0 Å². The first-order valence-electron chi connectivity index (χ1n) is 12.2. The third-order valence-corrected chi connectivity index (χ3v) is 7.25. The highest BCUT2D eigenvalue weighted by Crippen LogP contribution is 2.37. The second kappa shape index (κ2) is 11.2. The minimum atomic E-state index is -0.265. The van der Waals surface area contributed by atoms with Crippen LogP contribution in [0.25, 0.3) is 0 Å². The summed E-state index contributed by atoms with van der Waals surface area (Å²) in [6.45, 7) is 2.72. The van der Waals surface area contributed by atoms with Crippen LogP contribution in [0.5, 0.6) is 0 Å². The van der Waals surface area contributed by atoms with Crippen LogP contribution in [0.1, 0.15) is 61.8 Å². The number of rotatable bonds is 9. The van der Waals surface area contributed by atoms with E-state index in [1.807, 2.05) is 41.3 Å². The molecule has 2 aromatic carbocycles. The lowest BCUT2D eigenvalue weighted by Crippen LogP contribution is -2.48. The Bertz CT molecular complexity index is 1060. The molecular weight excluding hydrogens is 448 g/mol. The van der Waals surface area contributed by atoms with E-state index in [0.717, 1.165) is 55.2 Å². The standard InChI is InChI=1S/C28H33ClN2O3/c1-3-20-8-4-5-9-22(20)25(18-26(32)34-2)30-27-23-10-6-7-11-24(23)28(33)31(27)17-16-19-12-14-21(29)15-13-19/h4-5,8-9,12-15,25,27,30H,3,6-7,10-11,16-18H2,1-2H3/t25-,27-/m1/s1. The number of nitrogens with zero attached hydrogens (tertiary/aromatic N) is 1. The summed E-state index contributed by atoms with van der Waals surface area (Å²) in [5, 5.41) is 4.43. The summed E-state index contributed by atoms with van der Waals surface area (Å²) in [5.74, 6) is -0.139. The van der Waals surface area contributed by atoms with Crippen LogP contribution in [0.2, 0.25) is 5.02 Å². The van der Waals surface area contributed by atoms with E-state index >= 15 is 0 Å². The van der Waals surface area contributed by atoms with Gasteiger partial charge in [0, 0.05) is 23.2 Å². The number of benzene rings is 2. The van der Waals surface area contributed by atoms with Crippen LogP contribution in [0.4, 0.5) is 0 Å². The third-order valence-electron chi connectivity index (χ3n) is 6.99. The van der Waals surface area contributed by atoms with Gasteiger partial charge in [-0.3, -0.25) is 14.9 Å². The number of halogens is 1. The van der Waals surface area contributed by atoms with Crippen LogP contribution in [0, 0.1) is 0 Å². The topological polar surface area (TPSA) is 58.6 Å². The van der Waals surface area contributed by atoms with Crippen molar-refractivity contribution in [1.82, 2.24) is 10.2 Å². The van der Waals surface area contributed by atoms with Crippen molar-refractivity contribution >= 4 is 23.5 Å². The maximum atomic E-state index is 13.5. The van der Waals surface area contributed by atoms with Crippen LogP contribution in [-0.2, 0) is 27.2 Å². The molecule has 2 atom stereocenters. The van der Waals surface area contributed by atoms with Crippen molar-refractivity contribution in [1.29, 1.82) is 0 Å². The molecule has 0 fully saturated rings. The molecule has 0 saturated carbocycles. The molecule has 0 unspecified atom stereocenters. The van der Waals surface area contributed by atoms with Crippen LogP contribution >= 0.6 is 11.6 Å². The molecule has 2 aromatic rings. The minimum absolute atomic E-state index is 0.127. The van der Waals surface area contributed by atoms with Gasteiger partial charge in [-0.05, 0) is 72.9 Å². The molecule has 5 nitrogen and oxygen atoms in total. The van der Waals surface area contributed by atoms with E-state index in [1.165, 1.54) is 18.2 Å². The molecule has 0 radical (unpaired) electrons. The Balaban J connectivity index is 1.63. The Labute approximate surface area is 207 Å². The highest BCUT2D eigenvalue weighted by molar-refractivity contribution is 6.30. The molecule has 4 rings (SSSR count). The van der Waals surface area contributed by atoms with Crippen molar-refractivity contribution < 1.29 is 14.3 Å². The van der Waals surface area contributed by atoms with Crippen molar-refractivity contribution in [2.45, 2.75) is 64.1 Å². The summed E-state index contributed by atoms with van der Waals surface area (Å²) in [5.41, 5.74) is 5.57. The quantitative estimate of drug-likeness (QED) is 0.489. The summed E-state index contributed by atoms with van der Waals surface area (Å²) >= 11 is 6.04. The first-order chi connectivity index (χ1) is 16.5. The summed E-state index contributed by atoms with van der Waals surface area (Å²) in [6, 6.07) is 15.8. The number of hydrogen-bond acceptors (Lipinski definition) is 4. The Morgan fingerprint density at radius 2 is 1.88 bits per heavy atom. The molecule has 6 heteroatoms. The van der Waals surface area contributed by atoms with E-state index < -0.39 is 0 Å². The van der Waals surface area contributed by atoms with Crippen molar-refractivity contribution in [3.63, 3.8) is 0 Å². The molecule has 1 heterocycles. The fourth-order valence-corrected chi connectivity index (χ4v) is 5.30. The molecule has 34 heavy (non-hydrogen) atoms. The minimum Gasteiger partial charge on any atom is -0.469 e. The summed E-state index contributed by atoms with van der Waals surface area (Å²) in [4.78, 5) is 27.8. The molecule has 180 valence electrons. The van der Waals surface area contributed by atoms with Gasteiger partial charge in [-0.15, -0.1) is 0 Å². The normalized spacial score (nSPS) is 18.7. The third kappa shape index (κ3) is 5.37. The number of ether oxygens (including phenoxy) is 1. The zero-order chi connectivity index (χ0) is 24.1. The smallest absolute Gasteiger partial charge is 0.307 e. The highest BCUT2D eigenvalue weighted by Gasteiger charge is 2.40. The molecular formula is C28H33ClN2O3. The highest BCUT2D eigenvalue weighted by atomic mass is 35.5. The Morgan fingerprint density at radius 1 is 1.15 bits per heavy atom. The second-order valence-corrected chi connectivity index (χ2v) is 9.48. The molecule has 2 aliphatic rings. The van der Waals surface area contributed by atoms with Gasteiger partial charge in [0.1, 0.15) is 6.17 Å². The summed E-state index contributed by atoms with van der Waals surface area (Å²) < 4.78 is 5.03. The Hall–Kier alpha value is -2.63. The number of carbonyl (C=O) groups is 2. The molecule has 0 bridgehead atoms. The van der Waals surface area contributed by atoms with Crippen LogP contribution < -0.4 is 5.32 Å². The van der Waals surface area contributed by atoms with E-state index in [0.29, 0.717) is 11.6 Å². The van der Waals surface area contributed by atoms with Crippen LogP contribution in [0.15, 0.2) is 59.7 Å². The number of methoxy groups -OCH3 is 1. The number of carbonyl (C=O) groups excluding carboxylic acids is 2. The zero-order valence-electron chi connectivity index (χ0n) is 20.0. The number of esters is 1. The van der Waals surface area contributed by atoms with E-state index in [9.17, 15) is 9.59 Å². The lowest BCUT2D eigenvalue weighted by Gasteiger charge is -2.33. The summed E-state index contributed by atoms with van der Waals surface area (Å²) in [6.07, 6.45) is 5.49. The van der Waals surface area contributed by atoms with Gasteiger partial charge in [0.2, 0.25) is 0 Å². The maximum Gasteiger partial charge on any atom is 0.307 e. The van der Waals surface area contributed by atoms with Gasteiger partial charge >= 0.3 is 5.97 Å². The SMILES string of the molecule is CCc1ccccc1[C@@H](CC(=O)OC)N[C@H]1C2=C(CCCC2)C(=O)N1CCc1ccc(Cl)cc1. The average Bonchev–Trinajstić information content (AvgIpc) is 3.13. The Kier molecular flexibility index (Phi) is 8.07. The van der Waals surface area contributed by atoms with Gasteiger partial charge in [-0.1, -0.05) is 54.9 Å². The summed E-state index contributed by atoms with van der Waals surface area (Å²) in [7, 11) is 1.42. The second-order valence-electron chi connectivity index (χ2n) is 9.04. The zero-order valence-corrected chi connectivity index (χ0v) is 20.7. The van der Waals surface area contributed by atoms with Gasteiger partial charge in [-0.2, -0.15) is 0 Å². The van der Waals surface area contributed by atoms with Gasteiger partial charge < -0.3 is 9.64 Å². The fourth-order valence-electron chi connectivity index (χ4n) is 5.17. The van der Waals surface area contributed by atoms with Crippen LogP contribution in [0.3, 0.4) is 0 Å². The molecule has 0 aromatic heterocycles. The van der Waals surface area contributed by atoms with Crippen molar-refractivity contribution in [3.8, 4) is 0 Å². The van der Waals surface area contributed by atoms with E-state index in [2.05, 4.69) is 24.4 Å². The number of aryl methyl sites for hydroxylation is 1.